The highest BCUT2D eigenvalue weighted by Gasteiger charge is 2.55. The molecule has 2 aromatic carbocycles. The van der Waals surface area contributed by atoms with Gasteiger partial charge in [0.15, 0.2) is 0 Å². The highest BCUT2D eigenvalue weighted by atomic mass is 16.5. The summed E-state index contributed by atoms with van der Waals surface area (Å²) < 4.78 is 5.48. The quantitative estimate of drug-likeness (QED) is 0.531. The second-order valence-corrected chi connectivity index (χ2v) is 11.8. The first-order valence-corrected chi connectivity index (χ1v) is 14.0. The van der Waals surface area contributed by atoms with Crippen LogP contribution in [0.5, 0.6) is 5.75 Å². The number of rotatable bonds is 6. The van der Waals surface area contributed by atoms with Crippen molar-refractivity contribution >= 4 is 17.7 Å². The molecule has 1 fully saturated rings. The van der Waals surface area contributed by atoms with E-state index in [4.69, 9.17) is 4.74 Å². The van der Waals surface area contributed by atoms with Crippen LogP contribution in [0.3, 0.4) is 0 Å². The molecule has 0 spiro atoms. The molecule has 2 aromatic rings. The summed E-state index contributed by atoms with van der Waals surface area (Å²) in [7, 11) is 3.33. The number of likely N-dealkylation sites (N-methyl/N-ethyl adjacent to an activating group) is 1. The molecule has 0 aromatic heterocycles. The van der Waals surface area contributed by atoms with Gasteiger partial charge in [0.2, 0.25) is 17.7 Å². The lowest BCUT2D eigenvalue weighted by molar-refractivity contribution is -0.145. The van der Waals surface area contributed by atoms with Gasteiger partial charge in [-0.15, -0.1) is 0 Å². The Kier molecular flexibility index (Phi) is 7.42. The Morgan fingerprint density at radius 3 is 2.56 bits per heavy atom. The number of ether oxygens (including phenoxy) is 1. The van der Waals surface area contributed by atoms with Gasteiger partial charge >= 0.3 is 0 Å². The standard InChI is InChI=1S/C31H40N4O4/c1-18(32-4)28(36)34-25-16-20-15-21(39-5)13-14-23(20)26-17-31(2,3)27(35(26)30(25)38)29(37)33-24-12-8-10-19-9-6-7-11-22(19)24/h6-7,9,11,13-15,18,24-27,32H,8,10,12,16-17H2,1-5H3,(H,33,37)(H,34,36)/t18-,24+,25-,26+,27-/m0/s1. The molecule has 208 valence electrons. The summed E-state index contributed by atoms with van der Waals surface area (Å²) in [5.41, 5.74) is 3.92. The number of nitrogens with one attached hydrogen (secondary N) is 3. The monoisotopic (exact) mass is 532 g/mol. The van der Waals surface area contributed by atoms with Gasteiger partial charge in [0, 0.05) is 6.42 Å². The van der Waals surface area contributed by atoms with Crippen molar-refractivity contribution < 1.29 is 19.1 Å². The molecule has 0 unspecified atom stereocenters. The van der Waals surface area contributed by atoms with E-state index in [-0.39, 0.29) is 29.8 Å². The van der Waals surface area contributed by atoms with Gasteiger partial charge < -0.3 is 25.6 Å². The molecule has 5 atom stereocenters. The van der Waals surface area contributed by atoms with Crippen LogP contribution in [0.25, 0.3) is 0 Å². The van der Waals surface area contributed by atoms with Crippen LogP contribution in [0.2, 0.25) is 0 Å². The van der Waals surface area contributed by atoms with E-state index in [1.54, 1.807) is 26.0 Å². The van der Waals surface area contributed by atoms with E-state index in [9.17, 15) is 14.4 Å². The SMILES string of the molecule is CN[C@@H](C)C(=O)N[C@H]1Cc2cc(OC)ccc2[C@H]2CC(C)(C)[C@H](C(=O)N[C@@H]3CCCc4ccccc43)N2C1=O. The molecule has 8 heteroatoms. The minimum absolute atomic E-state index is 0.0806. The molecule has 5 rings (SSSR count). The third-order valence-electron chi connectivity index (χ3n) is 8.84. The molecule has 8 nitrogen and oxygen atoms in total. The van der Waals surface area contributed by atoms with Crippen LogP contribution in [-0.4, -0.2) is 54.9 Å². The number of nitrogens with zero attached hydrogens (tertiary/aromatic N) is 1. The highest BCUT2D eigenvalue weighted by molar-refractivity contribution is 5.95. The summed E-state index contributed by atoms with van der Waals surface area (Å²) in [6.45, 7) is 5.88. The Labute approximate surface area is 230 Å². The summed E-state index contributed by atoms with van der Waals surface area (Å²) in [5, 5.41) is 9.23. The normalized spacial score (nSPS) is 26.0. The largest absolute Gasteiger partial charge is 0.497 e. The van der Waals surface area contributed by atoms with Crippen molar-refractivity contribution in [2.45, 2.75) is 83.1 Å². The van der Waals surface area contributed by atoms with E-state index < -0.39 is 23.5 Å². The topological polar surface area (TPSA) is 99.8 Å². The number of carbonyl (C=O) groups excluding carboxylic acids is 3. The predicted molar refractivity (Wildman–Crippen MR) is 149 cm³/mol. The fourth-order valence-electron chi connectivity index (χ4n) is 6.68. The maximum absolute atomic E-state index is 14.3. The van der Waals surface area contributed by atoms with Gasteiger partial charge in [0.05, 0.1) is 25.2 Å². The van der Waals surface area contributed by atoms with E-state index >= 15 is 0 Å². The van der Waals surface area contributed by atoms with Crippen molar-refractivity contribution in [1.82, 2.24) is 20.9 Å². The van der Waals surface area contributed by atoms with E-state index in [1.807, 2.05) is 30.3 Å². The molecule has 0 bridgehead atoms. The number of hydrogen-bond donors (Lipinski definition) is 3. The zero-order chi connectivity index (χ0) is 27.9. The molecular weight excluding hydrogens is 492 g/mol. The average molecular weight is 533 g/mol. The van der Waals surface area contributed by atoms with E-state index in [0.29, 0.717) is 18.6 Å². The molecule has 3 N–H and O–H groups in total. The second-order valence-electron chi connectivity index (χ2n) is 11.8. The lowest BCUT2D eigenvalue weighted by Crippen LogP contribution is -2.57. The zero-order valence-electron chi connectivity index (χ0n) is 23.5. The smallest absolute Gasteiger partial charge is 0.246 e. The van der Waals surface area contributed by atoms with Crippen LogP contribution in [0.15, 0.2) is 42.5 Å². The van der Waals surface area contributed by atoms with E-state index in [1.165, 1.54) is 5.56 Å². The number of benzene rings is 2. The molecule has 2 heterocycles. The van der Waals surface area contributed by atoms with Gasteiger partial charge in [-0.3, -0.25) is 14.4 Å². The van der Waals surface area contributed by atoms with E-state index in [2.05, 4.69) is 41.9 Å². The summed E-state index contributed by atoms with van der Waals surface area (Å²) in [5.74, 6) is 0.0904. The van der Waals surface area contributed by atoms with Gasteiger partial charge in [0.25, 0.3) is 0 Å². The fraction of sp³-hybridized carbons (Fsp3) is 0.516. The first-order valence-electron chi connectivity index (χ1n) is 14.0. The van der Waals surface area contributed by atoms with Crippen molar-refractivity contribution in [3.63, 3.8) is 0 Å². The fourth-order valence-corrected chi connectivity index (χ4v) is 6.68. The molecule has 2 aliphatic heterocycles. The first-order chi connectivity index (χ1) is 18.6. The molecule has 1 saturated heterocycles. The first kappa shape index (κ1) is 27.2. The Morgan fingerprint density at radius 1 is 1.05 bits per heavy atom. The predicted octanol–water partition coefficient (Wildman–Crippen LogP) is 3.21. The lowest BCUT2D eigenvalue weighted by Gasteiger charge is -2.36. The molecule has 39 heavy (non-hydrogen) atoms. The Bertz CT molecular complexity index is 1270. The van der Waals surface area contributed by atoms with Gasteiger partial charge in [0.1, 0.15) is 17.8 Å². The number of aryl methyl sites for hydroxylation is 1. The molecular formula is C31H40N4O4. The van der Waals surface area contributed by atoms with Crippen molar-refractivity contribution in [2.24, 2.45) is 5.41 Å². The van der Waals surface area contributed by atoms with Crippen molar-refractivity contribution in [3.05, 3.63) is 64.7 Å². The van der Waals surface area contributed by atoms with Crippen LogP contribution in [0.4, 0.5) is 0 Å². The molecule has 3 aliphatic rings. The van der Waals surface area contributed by atoms with Crippen LogP contribution in [-0.2, 0) is 27.2 Å². The average Bonchev–Trinajstić information content (AvgIpc) is 3.17. The number of fused-ring (bicyclic) bond motifs is 4. The van der Waals surface area contributed by atoms with Crippen LogP contribution < -0.4 is 20.7 Å². The van der Waals surface area contributed by atoms with Crippen molar-refractivity contribution in [2.75, 3.05) is 14.2 Å². The van der Waals surface area contributed by atoms with Crippen molar-refractivity contribution in [3.8, 4) is 5.75 Å². The number of hydrogen-bond acceptors (Lipinski definition) is 5. The lowest BCUT2D eigenvalue weighted by atomic mass is 9.81. The third kappa shape index (κ3) is 5.02. The Hall–Kier alpha value is -3.39. The van der Waals surface area contributed by atoms with Crippen LogP contribution in [0.1, 0.15) is 74.4 Å². The zero-order valence-corrected chi connectivity index (χ0v) is 23.5. The highest BCUT2D eigenvalue weighted by Crippen LogP contribution is 2.50. The maximum atomic E-state index is 14.3. The maximum Gasteiger partial charge on any atom is 0.246 e. The molecule has 1 aliphatic carbocycles. The second kappa shape index (κ2) is 10.6. The van der Waals surface area contributed by atoms with Crippen LogP contribution in [0, 0.1) is 5.41 Å². The summed E-state index contributed by atoms with van der Waals surface area (Å²) in [6, 6.07) is 11.9. The summed E-state index contributed by atoms with van der Waals surface area (Å²) in [4.78, 5) is 43.1. The molecule has 3 amide bonds. The minimum Gasteiger partial charge on any atom is -0.497 e. The van der Waals surface area contributed by atoms with Crippen LogP contribution >= 0.6 is 0 Å². The van der Waals surface area contributed by atoms with Crippen molar-refractivity contribution in [1.29, 1.82) is 0 Å². The Morgan fingerprint density at radius 2 is 1.82 bits per heavy atom. The molecule has 0 saturated carbocycles. The Balaban J connectivity index is 1.51. The minimum atomic E-state index is -0.788. The van der Waals surface area contributed by atoms with Gasteiger partial charge in [-0.2, -0.15) is 0 Å². The number of carbonyl (C=O) groups is 3. The summed E-state index contributed by atoms with van der Waals surface area (Å²) >= 11 is 0. The number of amides is 3. The van der Waals surface area contributed by atoms with E-state index in [0.717, 1.165) is 36.0 Å². The summed E-state index contributed by atoms with van der Waals surface area (Å²) in [6.07, 6.45) is 3.87. The molecule has 0 radical (unpaired) electrons. The van der Waals surface area contributed by atoms with Gasteiger partial charge in [-0.05, 0) is 79.5 Å². The number of methoxy groups -OCH3 is 1. The van der Waals surface area contributed by atoms with Gasteiger partial charge in [-0.25, -0.2) is 0 Å². The van der Waals surface area contributed by atoms with Gasteiger partial charge in [-0.1, -0.05) is 44.2 Å². The third-order valence-corrected chi connectivity index (χ3v) is 8.84.